The quantitative estimate of drug-likeness (QED) is 0.673. The number of carbonyl (C=O) groups excluding carboxylic acids is 1. The van der Waals surface area contributed by atoms with Crippen LogP contribution in [0.1, 0.15) is 47.8 Å². The van der Waals surface area contributed by atoms with Crippen molar-refractivity contribution in [2.24, 2.45) is 0 Å². The highest BCUT2D eigenvalue weighted by Gasteiger charge is 2.33. The lowest BCUT2D eigenvalue weighted by atomic mass is 9.90. The maximum Gasteiger partial charge on any atom is 0.259 e. The summed E-state index contributed by atoms with van der Waals surface area (Å²) in [7, 11) is 0. The average molecular weight is 399 g/mol. The van der Waals surface area contributed by atoms with Crippen LogP contribution >= 0.6 is 0 Å². The van der Waals surface area contributed by atoms with E-state index in [4.69, 9.17) is 4.74 Å². The lowest BCUT2D eigenvalue weighted by Gasteiger charge is -2.38. The number of nitrogens with one attached hydrogen (secondary N) is 1. The average Bonchev–Trinajstić information content (AvgIpc) is 3.17. The van der Waals surface area contributed by atoms with E-state index in [1.165, 1.54) is 5.56 Å². The van der Waals surface area contributed by atoms with E-state index in [1.54, 1.807) is 6.20 Å². The van der Waals surface area contributed by atoms with E-state index in [9.17, 15) is 4.79 Å². The van der Waals surface area contributed by atoms with Crippen LogP contribution in [-0.4, -0.2) is 23.0 Å². The van der Waals surface area contributed by atoms with Gasteiger partial charge in [-0.1, -0.05) is 36.4 Å². The first-order valence-corrected chi connectivity index (χ1v) is 10.4. The van der Waals surface area contributed by atoms with Gasteiger partial charge in [-0.05, 0) is 50.1 Å². The first-order valence-electron chi connectivity index (χ1n) is 10.4. The Morgan fingerprint density at radius 1 is 1.10 bits per heavy atom. The lowest BCUT2D eigenvalue weighted by molar-refractivity contribution is 0.0758. The molecule has 1 amide bonds. The predicted molar refractivity (Wildman–Crippen MR) is 118 cm³/mol. The summed E-state index contributed by atoms with van der Waals surface area (Å²) in [5.74, 6) is 1.66. The van der Waals surface area contributed by atoms with Crippen LogP contribution in [0.25, 0.3) is 0 Å². The third-order valence-electron chi connectivity index (χ3n) is 5.84. The Bertz CT molecular complexity index is 1090. The molecule has 2 aliphatic rings. The van der Waals surface area contributed by atoms with Crippen molar-refractivity contribution in [3.8, 4) is 5.75 Å². The summed E-state index contributed by atoms with van der Waals surface area (Å²) in [6.07, 6.45) is 3.40. The zero-order valence-electron chi connectivity index (χ0n) is 17.3. The summed E-state index contributed by atoms with van der Waals surface area (Å²) >= 11 is 0. The number of carbonyl (C=O) groups is 1. The lowest BCUT2D eigenvalue weighted by Crippen LogP contribution is -2.37. The van der Waals surface area contributed by atoms with Crippen molar-refractivity contribution < 1.29 is 9.53 Å². The standard InChI is InChI=1S/C25H25N3O2/c1-25(2)15-20(19-8-4-6-10-22(19)30-25)27-23-12-11-18(16-26-23)24(29)28-14-13-17-7-3-5-9-21(17)28/h3-12,16,20H,13-15H2,1-2H3,(H,26,27). The number of benzene rings is 2. The molecule has 0 saturated heterocycles. The number of hydrogen-bond acceptors (Lipinski definition) is 4. The van der Waals surface area contributed by atoms with E-state index >= 15 is 0 Å². The SMILES string of the molecule is CC1(C)CC(Nc2ccc(C(=O)N3CCc4ccccc43)cn2)c2ccccc2O1. The predicted octanol–water partition coefficient (Wildman–Crippen LogP) is 5.00. The zero-order chi connectivity index (χ0) is 20.7. The molecule has 5 rings (SSSR count). The van der Waals surface area contributed by atoms with Crippen molar-refractivity contribution in [2.75, 3.05) is 16.8 Å². The molecule has 3 aromatic rings. The molecule has 30 heavy (non-hydrogen) atoms. The molecule has 1 unspecified atom stereocenters. The minimum atomic E-state index is -0.259. The maximum absolute atomic E-state index is 13.0. The monoisotopic (exact) mass is 399 g/mol. The highest BCUT2D eigenvalue weighted by atomic mass is 16.5. The number of hydrogen-bond donors (Lipinski definition) is 1. The molecule has 152 valence electrons. The Balaban J connectivity index is 1.34. The summed E-state index contributed by atoms with van der Waals surface area (Å²) in [6, 6.07) is 20.0. The molecular weight excluding hydrogens is 374 g/mol. The van der Waals surface area contributed by atoms with Crippen LogP contribution in [0.2, 0.25) is 0 Å². The second kappa shape index (κ2) is 7.17. The van der Waals surface area contributed by atoms with Gasteiger partial charge in [0.15, 0.2) is 0 Å². The Labute approximate surface area is 176 Å². The number of aromatic nitrogens is 1. The van der Waals surface area contributed by atoms with Gasteiger partial charge in [0, 0.05) is 30.4 Å². The molecular formula is C25H25N3O2. The van der Waals surface area contributed by atoms with Crippen molar-refractivity contribution in [3.63, 3.8) is 0 Å². The van der Waals surface area contributed by atoms with Crippen LogP contribution in [0, 0.1) is 0 Å². The van der Waals surface area contributed by atoms with Crippen molar-refractivity contribution >= 4 is 17.4 Å². The van der Waals surface area contributed by atoms with Gasteiger partial charge in [0.05, 0.1) is 11.6 Å². The van der Waals surface area contributed by atoms with E-state index in [0.29, 0.717) is 12.1 Å². The van der Waals surface area contributed by atoms with Crippen LogP contribution < -0.4 is 15.0 Å². The van der Waals surface area contributed by atoms with E-state index in [1.807, 2.05) is 53.4 Å². The second-order valence-electron chi connectivity index (χ2n) is 8.57. The molecule has 0 spiro atoms. The van der Waals surface area contributed by atoms with Crippen LogP contribution in [0.4, 0.5) is 11.5 Å². The molecule has 0 saturated carbocycles. The van der Waals surface area contributed by atoms with Gasteiger partial charge >= 0.3 is 0 Å². The first-order chi connectivity index (χ1) is 14.5. The van der Waals surface area contributed by atoms with Crippen LogP contribution in [0.15, 0.2) is 66.9 Å². The molecule has 0 fully saturated rings. The zero-order valence-corrected chi connectivity index (χ0v) is 17.3. The van der Waals surface area contributed by atoms with Crippen molar-refractivity contribution in [2.45, 2.75) is 38.3 Å². The highest BCUT2D eigenvalue weighted by molar-refractivity contribution is 6.07. The van der Waals surface area contributed by atoms with E-state index in [0.717, 1.165) is 35.7 Å². The molecule has 1 atom stereocenters. The summed E-state index contributed by atoms with van der Waals surface area (Å²) in [6.45, 7) is 4.91. The Morgan fingerprint density at radius 2 is 1.90 bits per heavy atom. The van der Waals surface area contributed by atoms with E-state index in [-0.39, 0.29) is 17.6 Å². The number of ether oxygens (including phenoxy) is 1. The Hall–Kier alpha value is -3.34. The highest BCUT2D eigenvalue weighted by Crippen LogP contribution is 2.40. The van der Waals surface area contributed by atoms with Gasteiger partial charge in [-0.2, -0.15) is 0 Å². The van der Waals surface area contributed by atoms with Gasteiger partial charge in [0.25, 0.3) is 5.91 Å². The molecule has 0 bridgehead atoms. The second-order valence-corrected chi connectivity index (χ2v) is 8.57. The van der Waals surface area contributed by atoms with Crippen LogP contribution in [-0.2, 0) is 6.42 Å². The first kappa shape index (κ1) is 18.7. The summed E-state index contributed by atoms with van der Waals surface area (Å²) < 4.78 is 6.11. The number of rotatable bonds is 3. The Kier molecular flexibility index (Phi) is 4.46. The maximum atomic E-state index is 13.0. The Morgan fingerprint density at radius 3 is 2.73 bits per heavy atom. The third-order valence-corrected chi connectivity index (χ3v) is 5.84. The number of fused-ring (bicyclic) bond motifs is 2. The van der Waals surface area contributed by atoms with E-state index < -0.39 is 0 Å². The molecule has 0 aliphatic carbocycles. The molecule has 5 nitrogen and oxygen atoms in total. The number of para-hydroxylation sites is 2. The number of anilines is 2. The number of amides is 1. The minimum Gasteiger partial charge on any atom is -0.487 e. The third kappa shape index (κ3) is 3.41. The summed E-state index contributed by atoms with van der Waals surface area (Å²) in [4.78, 5) is 19.4. The largest absolute Gasteiger partial charge is 0.487 e. The molecule has 0 radical (unpaired) electrons. The minimum absolute atomic E-state index is 0.00320. The fourth-order valence-electron chi connectivity index (χ4n) is 4.42. The van der Waals surface area contributed by atoms with Gasteiger partial charge in [0.1, 0.15) is 17.2 Å². The van der Waals surface area contributed by atoms with Gasteiger partial charge in [-0.25, -0.2) is 4.98 Å². The molecule has 5 heteroatoms. The molecule has 2 aromatic carbocycles. The summed E-state index contributed by atoms with van der Waals surface area (Å²) in [5.41, 5.74) is 3.70. The molecule has 2 aliphatic heterocycles. The summed E-state index contributed by atoms with van der Waals surface area (Å²) in [5, 5.41) is 3.53. The van der Waals surface area contributed by atoms with Crippen molar-refractivity contribution in [1.82, 2.24) is 4.98 Å². The van der Waals surface area contributed by atoms with Crippen LogP contribution in [0.3, 0.4) is 0 Å². The van der Waals surface area contributed by atoms with Crippen molar-refractivity contribution in [1.29, 1.82) is 0 Å². The van der Waals surface area contributed by atoms with Gasteiger partial charge < -0.3 is 15.0 Å². The van der Waals surface area contributed by atoms with Gasteiger partial charge in [-0.3, -0.25) is 4.79 Å². The fourth-order valence-corrected chi connectivity index (χ4v) is 4.42. The van der Waals surface area contributed by atoms with Crippen molar-refractivity contribution in [3.05, 3.63) is 83.6 Å². The van der Waals surface area contributed by atoms with Crippen LogP contribution in [0.5, 0.6) is 5.75 Å². The van der Waals surface area contributed by atoms with Gasteiger partial charge in [0.2, 0.25) is 0 Å². The molecule has 3 heterocycles. The topological polar surface area (TPSA) is 54.5 Å². The van der Waals surface area contributed by atoms with Gasteiger partial charge in [-0.15, -0.1) is 0 Å². The molecule has 1 aromatic heterocycles. The number of nitrogens with zero attached hydrogens (tertiary/aromatic N) is 2. The molecule has 1 N–H and O–H groups in total. The smallest absolute Gasteiger partial charge is 0.259 e. The number of pyridine rings is 1. The normalized spacial score (nSPS) is 18.9. The fraction of sp³-hybridized carbons (Fsp3) is 0.280. The van der Waals surface area contributed by atoms with E-state index in [2.05, 4.69) is 36.3 Å².